The van der Waals surface area contributed by atoms with Crippen LogP contribution in [-0.4, -0.2) is 56.1 Å². The van der Waals surface area contributed by atoms with E-state index in [1.807, 2.05) is 27.0 Å². The van der Waals surface area contributed by atoms with Crippen LogP contribution in [0.2, 0.25) is 0 Å². The van der Waals surface area contributed by atoms with Crippen molar-refractivity contribution < 1.29 is 13.8 Å². The molecule has 1 aliphatic rings. The van der Waals surface area contributed by atoms with Crippen molar-refractivity contribution in [3.05, 3.63) is 12.5 Å². The van der Waals surface area contributed by atoms with Gasteiger partial charge in [0, 0.05) is 44.6 Å². The van der Waals surface area contributed by atoms with Crippen molar-refractivity contribution in [3.8, 4) is 0 Å². The van der Waals surface area contributed by atoms with Crippen LogP contribution in [-0.2, 0) is 13.8 Å². The molecule has 1 atom stereocenters. The van der Waals surface area contributed by atoms with Crippen LogP contribution in [0.1, 0.15) is 20.8 Å². The maximum atomic E-state index is 12.9. The van der Waals surface area contributed by atoms with E-state index in [4.69, 9.17) is 9.26 Å². The molecule has 0 aromatic rings. The number of ether oxygens (including phenoxy) is 1. The first-order valence-electron chi connectivity index (χ1n) is 6.77. The van der Waals surface area contributed by atoms with Crippen LogP contribution in [0.5, 0.6) is 0 Å². The molecule has 1 fully saturated rings. The van der Waals surface area contributed by atoms with E-state index >= 15 is 0 Å². The molecule has 5 nitrogen and oxygen atoms in total. The molecular formula is C13H27N2O3P. The van der Waals surface area contributed by atoms with Gasteiger partial charge in [0.1, 0.15) is 6.26 Å². The average molecular weight is 290 g/mol. The van der Waals surface area contributed by atoms with Gasteiger partial charge in [-0.2, -0.15) is 0 Å². The minimum atomic E-state index is -2.74. The maximum Gasteiger partial charge on any atom is 0.254 e. The lowest BCUT2D eigenvalue weighted by atomic mass is 10.3. The zero-order valence-electron chi connectivity index (χ0n) is 12.5. The highest BCUT2D eigenvalue weighted by molar-refractivity contribution is 7.60. The molecule has 0 amide bonds. The maximum absolute atomic E-state index is 12.9. The Morgan fingerprint density at radius 1 is 1.32 bits per heavy atom. The second-order valence-electron chi connectivity index (χ2n) is 5.74. The summed E-state index contributed by atoms with van der Waals surface area (Å²) in [5.74, 6) is 0. The predicted molar refractivity (Wildman–Crippen MR) is 78.8 cm³/mol. The van der Waals surface area contributed by atoms with E-state index in [1.54, 1.807) is 13.4 Å². The van der Waals surface area contributed by atoms with Gasteiger partial charge in [-0.25, -0.2) is 0 Å². The molecule has 112 valence electrons. The fraction of sp³-hybridized carbons (Fsp3) is 0.846. The number of hydrogen-bond donors (Lipinski definition) is 1. The van der Waals surface area contributed by atoms with Crippen molar-refractivity contribution in [1.29, 1.82) is 0 Å². The fourth-order valence-corrected chi connectivity index (χ4v) is 3.57. The normalized spacial score (nSPS) is 20.5. The first kappa shape index (κ1) is 16.5. The molecule has 6 heteroatoms. The zero-order valence-corrected chi connectivity index (χ0v) is 13.4. The van der Waals surface area contributed by atoms with Crippen molar-refractivity contribution in [2.45, 2.75) is 25.9 Å². The molecule has 0 aromatic heterocycles. The third-order valence-electron chi connectivity index (χ3n) is 3.27. The smallest absolute Gasteiger partial charge is 0.254 e. The minimum Gasteiger partial charge on any atom is -0.449 e. The van der Waals surface area contributed by atoms with Crippen molar-refractivity contribution in [2.75, 3.05) is 46.1 Å². The molecule has 1 heterocycles. The molecule has 0 bridgehead atoms. The number of piperazine rings is 1. The van der Waals surface area contributed by atoms with Crippen LogP contribution in [0, 0.1) is 0 Å². The molecule has 19 heavy (non-hydrogen) atoms. The van der Waals surface area contributed by atoms with Crippen LogP contribution in [0.3, 0.4) is 0 Å². The van der Waals surface area contributed by atoms with Gasteiger partial charge in [-0.05, 0) is 0 Å². The zero-order chi connectivity index (χ0) is 14.4. The SMILES string of the molecule is COCCP(=O)(O/C=C\N1CCNCC1)C(C)(C)C. The van der Waals surface area contributed by atoms with E-state index in [1.165, 1.54) is 0 Å². The molecule has 1 aliphatic heterocycles. The quantitative estimate of drug-likeness (QED) is 0.600. The fourth-order valence-electron chi connectivity index (χ4n) is 1.80. The first-order chi connectivity index (χ1) is 8.89. The van der Waals surface area contributed by atoms with Crippen LogP contribution in [0.15, 0.2) is 12.5 Å². The molecule has 0 spiro atoms. The second kappa shape index (κ2) is 7.32. The minimum absolute atomic E-state index is 0.376. The van der Waals surface area contributed by atoms with Gasteiger partial charge in [0.15, 0.2) is 0 Å². The number of hydrogen-bond acceptors (Lipinski definition) is 5. The molecule has 0 aliphatic carbocycles. The Bertz CT molecular complexity index is 333. The highest BCUT2D eigenvalue weighted by Gasteiger charge is 2.37. The molecular weight excluding hydrogens is 263 g/mol. The van der Waals surface area contributed by atoms with Crippen molar-refractivity contribution in [3.63, 3.8) is 0 Å². The average Bonchev–Trinajstić information content (AvgIpc) is 2.36. The Morgan fingerprint density at radius 2 is 1.95 bits per heavy atom. The summed E-state index contributed by atoms with van der Waals surface area (Å²) in [6, 6.07) is 0. The third-order valence-corrected chi connectivity index (χ3v) is 6.54. The summed E-state index contributed by atoms with van der Waals surface area (Å²) >= 11 is 0. The molecule has 0 aromatic carbocycles. The van der Waals surface area contributed by atoms with Gasteiger partial charge < -0.3 is 19.5 Å². The van der Waals surface area contributed by atoms with Crippen molar-refractivity contribution >= 4 is 7.37 Å². The number of nitrogens with zero attached hydrogens (tertiary/aromatic N) is 1. The highest BCUT2D eigenvalue weighted by Crippen LogP contribution is 2.58. The number of rotatable bonds is 6. The van der Waals surface area contributed by atoms with Gasteiger partial charge in [-0.15, -0.1) is 0 Å². The molecule has 1 N–H and O–H groups in total. The Hall–Kier alpha value is -0.510. The number of methoxy groups -OCH3 is 1. The van der Waals surface area contributed by atoms with E-state index in [0.717, 1.165) is 26.2 Å². The lowest BCUT2D eigenvalue weighted by molar-refractivity contribution is 0.213. The van der Waals surface area contributed by atoms with Crippen LogP contribution < -0.4 is 5.32 Å². The van der Waals surface area contributed by atoms with E-state index in [9.17, 15) is 4.57 Å². The highest BCUT2D eigenvalue weighted by atomic mass is 31.2. The van der Waals surface area contributed by atoms with Crippen LogP contribution in [0.25, 0.3) is 0 Å². The van der Waals surface area contributed by atoms with Crippen LogP contribution >= 0.6 is 7.37 Å². The Balaban J connectivity index is 2.57. The lowest BCUT2D eigenvalue weighted by Crippen LogP contribution is -2.40. The van der Waals surface area contributed by atoms with Gasteiger partial charge in [-0.3, -0.25) is 4.57 Å². The first-order valence-corrected chi connectivity index (χ1v) is 8.58. The third kappa shape index (κ3) is 5.17. The van der Waals surface area contributed by atoms with Crippen molar-refractivity contribution in [1.82, 2.24) is 10.2 Å². The Morgan fingerprint density at radius 3 is 2.47 bits per heavy atom. The standard InChI is InChI=1S/C13H27N2O3P/c1-13(2,3)19(16,12-11-17-4)18-10-9-15-7-5-14-6-8-15/h9-10,14H,5-8,11-12H2,1-4H3/b10-9-. The van der Waals surface area contributed by atoms with Crippen molar-refractivity contribution in [2.24, 2.45) is 0 Å². The number of nitrogens with one attached hydrogen (secondary N) is 1. The van der Waals surface area contributed by atoms with Gasteiger partial charge in [0.25, 0.3) is 7.37 Å². The summed E-state index contributed by atoms with van der Waals surface area (Å²) < 4.78 is 23.5. The summed E-state index contributed by atoms with van der Waals surface area (Å²) in [7, 11) is -1.13. The van der Waals surface area contributed by atoms with Gasteiger partial charge >= 0.3 is 0 Å². The Labute approximate surface area is 116 Å². The monoisotopic (exact) mass is 290 g/mol. The summed E-state index contributed by atoms with van der Waals surface area (Å²) in [5, 5.41) is 2.91. The largest absolute Gasteiger partial charge is 0.449 e. The second-order valence-corrected chi connectivity index (χ2v) is 9.08. The topological polar surface area (TPSA) is 50.8 Å². The summed E-state index contributed by atoms with van der Waals surface area (Å²) in [6.07, 6.45) is 3.93. The molecule has 1 saturated heterocycles. The summed E-state index contributed by atoms with van der Waals surface area (Å²) in [4.78, 5) is 2.17. The molecule has 1 rings (SSSR count). The van der Waals surface area contributed by atoms with Gasteiger partial charge in [-0.1, -0.05) is 20.8 Å². The lowest BCUT2D eigenvalue weighted by Gasteiger charge is -2.30. The van der Waals surface area contributed by atoms with E-state index in [2.05, 4.69) is 10.2 Å². The molecule has 1 unspecified atom stereocenters. The summed E-state index contributed by atoms with van der Waals surface area (Å²) in [5.41, 5.74) is 0. The summed E-state index contributed by atoms with van der Waals surface area (Å²) in [6.45, 7) is 10.2. The van der Waals surface area contributed by atoms with E-state index in [-0.39, 0.29) is 5.16 Å². The molecule has 0 radical (unpaired) electrons. The van der Waals surface area contributed by atoms with Gasteiger partial charge in [0.2, 0.25) is 0 Å². The Kier molecular flexibility index (Phi) is 6.37. The van der Waals surface area contributed by atoms with Crippen LogP contribution in [0.4, 0.5) is 0 Å². The van der Waals surface area contributed by atoms with E-state index in [0.29, 0.717) is 12.8 Å². The van der Waals surface area contributed by atoms with Gasteiger partial charge in [0.05, 0.1) is 12.8 Å². The molecule has 0 saturated carbocycles. The van der Waals surface area contributed by atoms with E-state index < -0.39 is 7.37 Å². The predicted octanol–water partition coefficient (Wildman–Crippen LogP) is 2.10.